The monoisotopic (exact) mass is 328 g/mol. The molecule has 1 saturated carbocycles. The number of carbonyl (C=O) groups is 2. The van der Waals surface area contributed by atoms with Crippen LogP contribution in [0.25, 0.3) is 0 Å². The largest absolute Gasteiger partial charge is 0.340 e. The summed E-state index contributed by atoms with van der Waals surface area (Å²) in [6.45, 7) is 1.35. The van der Waals surface area contributed by atoms with Crippen molar-refractivity contribution in [2.24, 2.45) is 24.8 Å². The number of amides is 3. The molecule has 4 rings (SSSR count). The van der Waals surface area contributed by atoms with Crippen molar-refractivity contribution in [2.75, 3.05) is 19.6 Å². The molecule has 1 aliphatic heterocycles. The van der Waals surface area contributed by atoms with E-state index in [4.69, 9.17) is 0 Å². The van der Waals surface area contributed by atoms with E-state index in [1.165, 1.54) is 17.7 Å². The molecule has 0 radical (unpaired) electrons. The lowest BCUT2D eigenvalue weighted by molar-refractivity contribution is -0.125. The van der Waals surface area contributed by atoms with Crippen LogP contribution >= 0.6 is 0 Å². The van der Waals surface area contributed by atoms with E-state index in [2.05, 4.69) is 17.1 Å². The molecule has 3 amide bonds. The number of allylic oxidation sites excluding steroid dienone is 2. The van der Waals surface area contributed by atoms with Gasteiger partial charge in [-0.3, -0.25) is 9.69 Å². The van der Waals surface area contributed by atoms with Crippen LogP contribution in [-0.4, -0.2) is 50.9 Å². The van der Waals surface area contributed by atoms with Gasteiger partial charge in [0.25, 0.3) is 0 Å². The summed E-state index contributed by atoms with van der Waals surface area (Å²) in [7, 11) is 1.91. The van der Waals surface area contributed by atoms with Gasteiger partial charge in [-0.2, -0.15) is 0 Å². The fourth-order valence-electron chi connectivity index (χ4n) is 4.36. The average molecular weight is 328 g/mol. The highest BCUT2D eigenvalue weighted by atomic mass is 16.2. The number of urea groups is 1. The predicted octanol–water partition coefficient (Wildman–Crippen LogP) is 1.83. The zero-order valence-electron chi connectivity index (χ0n) is 14.1. The number of aromatic nitrogens is 2. The van der Waals surface area contributed by atoms with Gasteiger partial charge < -0.3 is 9.47 Å². The van der Waals surface area contributed by atoms with E-state index in [1.807, 2.05) is 17.8 Å². The molecule has 1 aromatic rings. The smallest absolute Gasteiger partial charge is 0.327 e. The van der Waals surface area contributed by atoms with Crippen LogP contribution in [0.15, 0.2) is 24.7 Å². The maximum Gasteiger partial charge on any atom is 0.327 e. The first kappa shape index (κ1) is 15.4. The highest BCUT2D eigenvalue weighted by Crippen LogP contribution is 2.44. The summed E-state index contributed by atoms with van der Waals surface area (Å²) in [5, 5.41) is 0. The quantitative estimate of drug-likeness (QED) is 0.591. The van der Waals surface area contributed by atoms with Gasteiger partial charge in [-0.05, 0) is 37.0 Å². The fraction of sp³-hybridized carbons (Fsp3) is 0.611. The van der Waals surface area contributed by atoms with E-state index in [0.717, 1.165) is 18.0 Å². The number of imide groups is 1. The molecular weight excluding hydrogens is 304 g/mol. The van der Waals surface area contributed by atoms with Crippen LogP contribution in [0.1, 0.15) is 25.0 Å². The fourth-order valence-corrected chi connectivity index (χ4v) is 4.36. The summed E-state index contributed by atoms with van der Waals surface area (Å²) in [6.07, 6.45) is 12.5. The van der Waals surface area contributed by atoms with Gasteiger partial charge in [-0.15, -0.1) is 0 Å². The van der Waals surface area contributed by atoms with E-state index in [9.17, 15) is 9.59 Å². The molecule has 2 heterocycles. The van der Waals surface area contributed by atoms with Crippen LogP contribution in [0.2, 0.25) is 0 Å². The molecule has 128 valence electrons. The zero-order chi connectivity index (χ0) is 16.7. The van der Waals surface area contributed by atoms with Gasteiger partial charge >= 0.3 is 6.03 Å². The van der Waals surface area contributed by atoms with Crippen molar-refractivity contribution in [3.05, 3.63) is 30.4 Å². The van der Waals surface area contributed by atoms with Crippen molar-refractivity contribution < 1.29 is 9.59 Å². The molecule has 2 aliphatic carbocycles. The van der Waals surface area contributed by atoms with Crippen molar-refractivity contribution in [1.29, 1.82) is 0 Å². The molecule has 6 nitrogen and oxygen atoms in total. The van der Waals surface area contributed by atoms with E-state index in [-0.39, 0.29) is 18.5 Å². The number of carbonyl (C=O) groups excluding carboxylic acids is 2. The molecular formula is C18H24N4O2. The van der Waals surface area contributed by atoms with Crippen LogP contribution in [0.3, 0.4) is 0 Å². The second-order valence-electron chi connectivity index (χ2n) is 7.36. The summed E-state index contributed by atoms with van der Waals surface area (Å²) in [6, 6.07) is -0.130. The molecule has 3 atom stereocenters. The summed E-state index contributed by atoms with van der Waals surface area (Å²) >= 11 is 0. The number of imidazole rings is 1. The Morgan fingerprint density at radius 1 is 1.21 bits per heavy atom. The minimum Gasteiger partial charge on any atom is -0.340 e. The summed E-state index contributed by atoms with van der Waals surface area (Å²) in [5.41, 5.74) is 0.908. The predicted molar refractivity (Wildman–Crippen MR) is 89.1 cm³/mol. The highest BCUT2D eigenvalue weighted by molar-refractivity contribution is 6.01. The van der Waals surface area contributed by atoms with Crippen LogP contribution in [0.5, 0.6) is 0 Å². The van der Waals surface area contributed by atoms with E-state index in [1.54, 1.807) is 11.2 Å². The van der Waals surface area contributed by atoms with Crippen molar-refractivity contribution >= 4 is 11.9 Å². The van der Waals surface area contributed by atoms with Crippen LogP contribution in [0.4, 0.5) is 4.79 Å². The second kappa shape index (κ2) is 6.07. The topological polar surface area (TPSA) is 58.4 Å². The SMILES string of the molecule is Cn1cnc(CCN2C(=O)CN(CC[C@@H]3C[C@@H]4C=C[C@H]3C4)C2=O)c1. The Bertz CT molecular complexity index is 680. The third-order valence-electron chi connectivity index (χ3n) is 5.66. The molecule has 0 N–H and O–H groups in total. The first-order valence-electron chi connectivity index (χ1n) is 8.84. The molecule has 0 spiro atoms. The first-order chi connectivity index (χ1) is 11.6. The standard InChI is InChI=1S/C18H24N4O2/c1-20-10-16(19-12-20)5-7-22-17(23)11-21(18(22)24)6-4-15-9-13-2-3-14(15)8-13/h2-3,10,12-15H,4-9,11H2,1H3/t13-,14+,15-/m1/s1. The minimum absolute atomic E-state index is 0.0798. The second-order valence-corrected chi connectivity index (χ2v) is 7.36. The molecule has 24 heavy (non-hydrogen) atoms. The third-order valence-corrected chi connectivity index (χ3v) is 5.66. The number of hydrogen-bond donors (Lipinski definition) is 0. The average Bonchev–Trinajstić information content (AvgIpc) is 3.31. The molecule has 6 heteroatoms. The normalized spacial score (nSPS) is 28.6. The number of nitrogens with zero attached hydrogens (tertiary/aromatic N) is 4. The molecule has 1 aromatic heterocycles. The lowest BCUT2D eigenvalue weighted by Gasteiger charge is -2.22. The zero-order valence-corrected chi connectivity index (χ0v) is 14.1. The van der Waals surface area contributed by atoms with E-state index in [0.29, 0.717) is 31.3 Å². The summed E-state index contributed by atoms with van der Waals surface area (Å²) in [5.74, 6) is 2.06. The number of fused-ring (bicyclic) bond motifs is 2. The Morgan fingerprint density at radius 2 is 2.08 bits per heavy atom. The van der Waals surface area contributed by atoms with Crippen molar-refractivity contribution in [3.63, 3.8) is 0 Å². The van der Waals surface area contributed by atoms with Crippen molar-refractivity contribution in [3.8, 4) is 0 Å². The van der Waals surface area contributed by atoms with Crippen LogP contribution < -0.4 is 0 Å². The number of aryl methyl sites for hydroxylation is 1. The summed E-state index contributed by atoms with van der Waals surface area (Å²) in [4.78, 5) is 32.0. The molecule has 0 aromatic carbocycles. The first-order valence-corrected chi connectivity index (χ1v) is 8.84. The third kappa shape index (κ3) is 2.85. The number of rotatable bonds is 6. The Morgan fingerprint density at radius 3 is 2.75 bits per heavy atom. The summed E-state index contributed by atoms with van der Waals surface area (Å²) < 4.78 is 1.87. The maximum atomic E-state index is 12.5. The maximum absolute atomic E-state index is 12.5. The molecule has 2 fully saturated rings. The minimum atomic E-state index is -0.130. The molecule has 0 unspecified atom stereocenters. The van der Waals surface area contributed by atoms with Gasteiger partial charge in [0.1, 0.15) is 6.54 Å². The van der Waals surface area contributed by atoms with E-state index < -0.39 is 0 Å². The van der Waals surface area contributed by atoms with E-state index >= 15 is 0 Å². The Kier molecular flexibility index (Phi) is 3.90. The highest BCUT2D eigenvalue weighted by Gasteiger charge is 2.38. The van der Waals surface area contributed by atoms with Gasteiger partial charge in [0.2, 0.25) is 5.91 Å². The van der Waals surface area contributed by atoms with Gasteiger partial charge in [0, 0.05) is 32.8 Å². The van der Waals surface area contributed by atoms with Crippen LogP contribution in [-0.2, 0) is 18.3 Å². The van der Waals surface area contributed by atoms with Gasteiger partial charge in [0.15, 0.2) is 0 Å². The van der Waals surface area contributed by atoms with Gasteiger partial charge in [-0.25, -0.2) is 9.78 Å². The molecule has 1 saturated heterocycles. The Labute approximate surface area is 142 Å². The molecule has 2 bridgehead atoms. The van der Waals surface area contributed by atoms with Gasteiger partial charge in [-0.1, -0.05) is 12.2 Å². The van der Waals surface area contributed by atoms with Crippen molar-refractivity contribution in [2.45, 2.75) is 25.7 Å². The number of hydrogen-bond acceptors (Lipinski definition) is 3. The van der Waals surface area contributed by atoms with Crippen molar-refractivity contribution in [1.82, 2.24) is 19.4 Å². The molecule has 3 aliphatic rings. The van der Waals surface area contributed by atoms with Gasteiger partial charge in [0.05, 0.1) is 12.0 Å². The lowest BCUT2D eigenvalue weighted by atomic mass is 9.90. The Hall–Kier alpha value is -2.11. The Balaban J connectivity index is 1.29. The lowest BCUT2D eigenvalue weighted by Crippen LogP contribution is -2.35. The van der Waals surface area contributed by atoms with Crippen LogP contribution in [0, 0.1) is 17.8 Å².